The molecule has 4 N–H and O–H groups in total. The average Bonchev–Trinajstić information content (AvgIpc) is 3.56. The van der Waals surface area contributed by atoms with Gasteiger partial charge in [-0.25, -0.2) is 9.78 Å². The lowest BCUT2D eigenvalue weighted by Crippen LogP contribution is -2.41. The number of nitrogens with one attached hydrogen (secondary N) is 2. The lowest BCUT2D eigenvalue weighted by molar-refractivity contribution is -0.119. The number of fused-ring (bicyclic) bond motifs is 1. The van der Waals surface area contributed by atoms with Gasteiger partial charge >= 0.3 is 6.09 Å². The molecule has 3 heterocycles. The maximum absolute atomic E-state index is 12.1. The largest absolute Gasteiger partial charge is 0.496 e. The molecule has 0 aliphatic carbocycles. The SMILES string of the molecule is COc1cc(-c2nccc(-c3cccc(-c4ccc5c(OC)c(CNCC(C)O)cc(Cl)c5n4)c3Cl)c2Cl)ccc1CN(C[C@@H]1CCC(=O)N1)C(=O)O. The molecule has 0 bridgehead atoms. The number of methoxy groups -OCH3 is 2. The Labute approximate surface area is 321 Å². The number of carbonyl (C=O) groups is 2. The molecule has 5 aromatic rings. The van der Waals surface area contributed by atoms with E-state index in [4.69, 9.17) is 49.3 Å². The van der Waals surface area contributed by atoms with Crippen molar-refractivity contribution in [1.29, 1.82) is 0 Å². The highest BCUT2D eigenvalue weighted by atomic mass is 35.5. The van der Waals surface area contributed by atoms with Crippen molar-refractivity contribution in [1.82, 2.24) is 25.5 Å². The molecule has 1 unspecified atom stereocenters. The Morgan fingerprint density at radius 2 is 1.79 bits per heavy atom. The number of ether oxygens (including phenoxy) is 2. The van der Waals surface area contributed by atoms with Crippen LogP contribution in [0.25, 0.3) is 44.5 Å². The van der Waals surface area contributed by atoms with Gasteiger partial charge in [0.25, 0.3) is 0 Å². The summed E-state index contributed by atoms with van der Waals surface area (Å²) in [5, 5.41) is 27.5. The van der Waals surface area contributed by atoms with Crippen molar-refractivity contribution in [3.63, 3.8) is 0 Å². The molecule has 0 radical (unpaired) electrons. The van der Waals surface area contributed by atoms with Gasteiger partial charge in [-0.15, -0.1) is 0 Å². The van der Waals surface area contributed by atoms with Gasteiger partial charge in [0.1, 0.15) is 11.5 Å². The number of carboxylic acid groups (broad SMARTS) is 1. The first-order chi connectivity index (χ1) is 25.5. The van der Waals surface area contributed by atoms with Gasteiger partial charge < -0.3 is 35.2 Å². The van der Waals surface area contributed by atoms with Gasteiger partial charge in [0.15, 0.2) is 0 Å². The fourth-order valence-electron chi connectivity index (χ4n) is 6.53. The molecule has 2 atom stereocenters. The highest BCUT2D eigenvalue weighted by Gasteiger charge is 2.26. The number of amides is 2. The standard InChI is InChI=1S/C39H38Cl3N5O6/c1-21(48)17-43-18-24-15-30(40)37-29(38(24)53-3)10-11-31(46-37)28-6-4-5-26(34(28)41)27-13-14-44-36(35(27)42)22-7-8-23(32(16-22)52-2)19-47(39(50)51)20-25-9-12-33(49)45-25/h4-8,10-11,13-16,21,25,43,48H,9,12,17-20H2,1-3H3,(H,45,49)(H,50,51)/t21?,25-/m0/s1. The molecule has 1 saturated heterocycles. The Morgan fingerprint density at radius 1 is 1.02 bits per heavy atom. The van der Waals surface area contributed by atoms with E-state index in [2.05, 4.69) is 15.6 Å². The monoisotopic (exact) mass is 777 g/mol. The van der Waals surface area contributed by atoms with E-state index in [9.17, 15) is 19.8 Å². The van der Waals surface area contributed by atoms with E-state index in [0.29, 0.717) is 97.2 Å². The van der Waals surface area contributed by atoms with E-state index in [0.717, 1.165) is 10.9 Å². The van der Waals surface area contributed by atoms with Crippen molar-refractivity contribution in [2.24, 2.45) is 0 Å². The van der Waals surface area contributed by atoms with Crippen LogP contribution in [-0.4, -0.2) is 76.5 Å². The zero-order valence-electron chi connectivity index (χ0n) is 29.3. The molecule has 0 saturated carbocycles. The minimum absolute atomic E-state index is 0.0674. The van der Waals surface area contributed by atoms with Crippen LogP contribution in [0.15, 0.2) is 66.9 Å². The molecule has 0 spiro atoms. The average molecular weight is 779 g/mol. The molecule has 1 aliphatic heterocycles. The zero-order valence-corrected chi connectivity index (χ0v) is 31.5. The van der Waals surface area contributed by atoms with Crippen LogP contribution in [0.2, 0.25) is 15.1 Å². The normalized spacial score (nSPS) is 14.6. The molecule has 6 rings (SSSR count). The maximum atomic E-state index is 12.1. The Bertz CT molecular complexity index is 2180. The Kier molecular flexibility index (Phi) is 11.9. The van der Waals surface area contributed by atoms with E-state index < -0.39 is 12.2 Å². The molecule has 3 aromatic carbocycles. The molecule has 2 aromatic heterocycles. The van der Waals surface area contributed by atoms with Gasteiger partial charge in [0.2, 0.25) is 5.91 Å². The highest BCUT2D eigenvalue weighted by molar-refractivity contribution is 6.39. The second-order valence-corrected chi connectivity index (χ2v) is 14.0. The van der Waals surface area contributed by atoms with Gasteiger partial charge in [-0.2, -0.15) is 0 Å². The van der Waals surface area contributed by atoms with Crippen molar-refractivity contribution in [3.05, 3.63) is 93.1 Å². The number of aliphatic hydroxyl groups excluding tert-OH is 1. The minimum atomic E-state index is -1.10. The number of hydrogen-bond acceptors (Lipinski definition) is 8. The van der Waals surface area contributed by atoms with Gasteiger partial charge in [-0.3, -0.25) is 9.78 Å². The zero-order chi connectivity index (χ0) is 37.8. The number of benzene rings is 3. The summed E-state index contributed by atoms with van der Waals surface area (Å²) in [6.07, 6.45) is 1.03. The van der Waals surface area contributed by atoms with E-state index in [1.165, 1.54) is 12.0 Å². The number of pyridine rings is 2. The van der Waals surface area contributed by atoms with Crippen LogP contribution in [0.4, 0.5) is 4.79 Å². The molecule has 53 heavy (non-hydrogen) atoms. The van der Waals surface area contributed by atoms with Crippen molar-refractivity contribution in [2.45, 2.75) is 45.0 Å². The number of hydrogen-bond donors (Lipinski definition) is 4. The molecule has 14 heteroatoms. The van der Waals surface area contributed by atoms with Crippen molar-refractivity contribution >= 4 is 57.7 Å². The van der Waals surface area contributed by atoms with Crippen LogP contribution >= 0.6 is 34.8 Å². The molecule has 276 valence electrons. The van der Waals surface area contributed by atoms with Gasteiger partial charge in [0.05, 0.1) is 58.8 Å². The van der Waals surface area contributed by atoms with E-state index in [-0.39, 0.29) is 25.0 Å². The fourth-order valence-corrected chi connectivity index (χ4v) is 7.45. The number of aliphatic hydroxyl groups is 1. The first kappa shape index (κ1) is 38.1. The molecule has 1 fully saturated rings. The number of halogens is 3. The third kappa shape index (κ3) is 8.30. The predicted molar refractivity (Wildman–Crippen MR) is 207 cm³/mol. The van der Waals surface area contributed by atoms with Crippen molar-refractivity contribution in [3.8, 4) is 45.1 Å². The van der Waals surface area contributed by atoms with Crippen LogP contribution in [0.3, 0.4) is 0 Å². The number of rotatable bonds is 13. The van der Waals surface area contributed by atoms with Crippen LogP contribution in [0.5, 0.6) is 11.5 Å². The molecular weight excluding hydrogens is 741 g/mol. The van der Waals surface area contributed by atoms with E-state index >= 15 is 0 Å². The van der Waals surface area contributed by atoms with Crippen LogP contribution in [-0.2, 0) is 17.9 Å². The summed E-state index contributed by atoms with van der Waals surface area (Å²) in [5.41, 5.74) is 5.79. The minimum Gasteiger partial charge on any atom is -0.496 e. The Balaban J connectivity index is 1.30. The Hall–Kier alpha value is -4.65. The van der Waals surface area contributed by atoms with Gasteiger partial charge in [-0.1, -0.05) is 65.1 Å². The lowest BCUT2D eigenvalue weighted by atomic mass is 9.98. The lowest BCUT2D eigenvalue weighted by Gasteiger charge is -2.24. The summed E-state index contributed by atoms with van der Waals surface area (Å²) in [4.78, 5) is 34.5. The van der Waals surface area contributed by atoms with E-state index in [1.807, 2.05) is 42.5 Å². The summed E-state index contributed by atoms with van der Waals surface area (Å²) in [7, 11) is 3.11. The topological polar surface area (TPSA) is 146 Å². The summed E-state index contributed by atoms with van der Waals surface area (Å²) >= 11 is 20.9. The van der Waals surface area contributed by atoms with Gasteiger partial charge in [-0.05, 0) is 43.7 Å². The molecule has 11 nitrogen and oxygen atoms in total. The van der Waals surface area contributed by atoms with Crippen molar-refractivity contribution < 1.29 is 29.3 Å². The van der Waals surface area contributed by atoms with Crippen LogP contribution in [0, 0.1) is 0 Å². The van der Waals surface area contributed by atoms with Crippen LogP contribution < -0.4 is 20.1 Å². The summed E-state index contributed by atoms with van der Waals surface area (Å²) in [6, 6.07) is 18.1. The highest BCUT2D eigenvalue weighted by Crippen LogP contribution is 2.43. The Morgan fingerprint density at radius 3 is 2.49 bits per heavy atom. The summed E-state index contributed by atoms with van der Waals surface area (Å²) < 4.78 is 11.4. The number of aromatic nitrogens is 2. The smallest absolute Gasteiger partial charge is 0.407 e. The van der Waals surface area contributed by atoms with Crippen LogP contribution in [0.1, 0.15) is 30.9 Å². The van der Waals surface area contributed by atoms with Crippen molar-refractivity contribution in [2.75, 3.05) is 27.3 Å². The third-order valence-corrected chi connectivity index (χ3v) is 10.2. The predicted octanol–water partition coefficient (Wildman–Crippen LogP) is 7.84. The van der Waals surface area contributed by atoms with Gasteiger partial charge in [0, 0.05) is 77.1 Å². The first-order valence-electron chi connectivity index (χ1n) is 16.9. The third-order valence-electron chi connectivity index (χ3n) is 9.09. The number of carbonyl (C=O) groups excluding carboxylic acids is 1. The van der Waals surface area contributed by atoms with E-state index in [1.54, 1.807) is 38.4 Å². The number of nitrogens with zero attached hydrogens (tertiary/aromatic N) is 3. The molecule has 2 amide bonds. The molecular formula is C39H38Cl3N5O6. The fraction of sp³-hybridized carbons (Fsp3) is 0.282. The quantitative estimate of drug-likeness (QED) is 0.0940. The summed E-state index contributed by atoms with van der Waals surface area (Å²) in [5.74, 6) is 1.03. The second-order valence-electron chi connectivity index (χ2n) is 12.8. The first-order valence-corrected chi connectivity index (χ1v) is 18.1. The molecule has 1 aliphatic rings. The second kappa shape index (κ2) is 16.6. The maximum Gasteiger partial charge on any atom is 0.407 e. The summed E-state index contributed by atoms with van der Waals surface area (Å²) in [6.45, 7) is 2.83.